The van der Waals surface area contributed by atoms with Crippen LogP contribution in [0, 0.1) is 0 Å². The molecule has 0 aliphatic carbocycles. The molecule has 3 rings (SSSR count). The van der Waals surface area contributed by atoms with Crippen LogP contribution in [0.1, 0.15) is 37.7 Å². The van der Waals surface area contributed by atoms with E-state index in [1.54, 1.807) is 0 Å². The van der Waals surface area contributed by atoms with Gasteiger partial charge in [-0.15, -0.1) is 0 Å². The van der Waals surface area contributed by atoms with Crippen molar-refractivity contribution in [1.29, 1.82) is 0 Å². The van der Waals surface area contributed by atoms with Gasteiger partial charge in [0.05, 0.1) is 17.1 Å². The summed E-state index contributed by atoms with van der Waals surface area (Å²) in [6.45, 7) is 1.38. The van der Waals surface area contributed by atoms with E-state index >= 15 is 0 Å². The van der Waals surface area contributed by atoms with Gasteiger partial charge in [-0.05, 0) is 37.7 Å². The number of ether oxygens (including phenoxy) is 1. The van der Waals surface area contributed by atoms with E-state index in [-0.39, 0.29) is 10.5 Å². The standard InChI is InChI=1S/C17H22O3S/c18-21(19)16-8-9-17(21)12-15(11-16)7-4-10-20-13-14-5-2-1-3-6-14/h1-3,5-6,11,16-17H,4,7-10,12-13H2. The Kier molecular flexibility index (Phi) is 4.45. The highest BCUT2D eigenvalue weighted by molar-refractivity contribution is 7.93. The molecular weight excluding hydrogens is 284 g/mol. The van der Waals surface area contributed by atoms with Crippen molar-refractivity contribution in [2.45, 2.75) is 49.2 Å². The van der Waals surface area contributed by atoms with Crippen LogP contribution in [0.5, 0.6) is 0 Å². The van der Waals surface area contributed by atoms with Crippen LogP contribution in [0.2, 0.25) is 0 Å². The van der Waals surface area contributed by atoms with Crippen molar-refractivity contribution < 1.29 is 13.2 Å². The van der Waals surface area contributed by atoms with Gasteiger partial charge in [0.2, 0.25) is 0 Å². The highest BCUT2D eigenvalue weighted by atomic mass is 32.2. The molecule has 2 atom stereocenters. The largest absolute Gasteiger partial charge is 0.377 e. The van der Waals surface area contributed by atoms with E-state index in [2.05, 4.69) is 12.1 Å². The lowest BCUT2D eigenvalue weighted by Crippen LogP contribution is -2.26. The first-order chi connectivity index (χ1) is 10.2. The van der Waals surface area contributed by atoms with Crippen molar-refractivity contribution in [3.05, 3.63) is 47.5 Å². The summed E-state index contributed by atoms with van der Waals surface area (Å²) in [4.78, 5) is 0. The normalized spacial score (nSPS) is 26.6. The quantitative estimate of drug-likeness (QED) is 0.598. The zero-order valence-electron chi connectivity index (χ0n) is 12.2. The molecule has 0 saturated carbocycles. The second-order valence-electron chi connectivity index (χ2n) is 6.00. The third kappa shape index (κ3) is 3.38. The lowest BCUT2D eigenvalue weighted by atomic mass is 10.0. The van der Waals surface area contributed by atoms with Crippen molar-refractivity contribution in [3.63, 3.8) is 0 Å². The molecule has 0 spiro atoms. The summed E-state index contributed by atoms with van der Waals surface area (Å²) in [6.07, 6.45) is 6.36. The lowest BCUT2D eigenvalue weighted by molar-refractivity contribution is 0.118. The number of hydrogen-bond donors (Lipinski definition) is 0. The van der Waals surface area contributed by atoms with Gasteiger partial charge in [0, 0.05) is 6.61 Å². The van der Waals surface area contributed by atoms with Gasteiger partial charge in [-0.3, -0.25) is 0 Å². The number of rotatable bonds is 6. The van der Waals surface area contributed by atoms with Gasteiger partial charge in [-0.2, -0.15) is 0 Å². The molecule has 3 nitrogen and oxygen atoms in total. The second kappa shape index (κ2) is 6.32. The van der Waals surface area contributed by atoms with Gasteiger partial charge in [-0.25, -0.2) is 8.42 Å². The van der Waals surface area contributed by atoms with E-state index in [0.29, 0.717) is 6.61 Å². The molecule has 0 N–H and O–H groups in total. The minimum atomic E-state index is -2.84. The second-order valence-corrected chi connectivity index (χ2v) is 8.45. The Morgan fingerprint density at radius 2 is 1.95 bits per heavy atom. The van der Waals surface area contributed by atoms with Crippen LogP contribution in [-0.2, 0) is 21.2 Å². The number of benzene rings is 1. The van der Waals surface area contributed by atoms with E-state index in [1.165, 1.54) is 11.1 Å². The van der Waals surface area contributed by atoms with E-state index < -0.39 is 9.84 Å². The molecule has 114 valence electrons. The number of hydrogen-bond acceptors (Lipinski definition) is 3. The summed E-state index contributed by atoms with van der Waals surface area (Å²) in [5.74, 6) is 0. The first-order valence-electron chi connectivity index (χ1n) is 7.70. The minimum absolute atomic E-state index is 0.104. The van der Waals surface area contributed by atoms with Gasteiger partial charge in [-0.1, -0.05) is 42.0 Å². The van der Waals surface area contributed by atoms with Crippen molar-refractivity contribution in [3.8, 4) is 0 Å². The van der Waals surface area contributed by atoms with Crippen LogP contribution in [0.25, 0.3) is 0 Å². The van der Waals surface area contributed by atoms with Crippen molar-refractivity contribution >= 4 is 9.84 Å². The Labute approximate surface area is 126 Å². The smallest absolute Gasteiger partial charge is 0.159 e. The Morgan fingerprint density at radius 1 is 1.14 bits per heavy atom. The molecule has 2 aliphatic rings. The molecule has 0 aromatic heterocycles. The number of allylic oxidation sites excluding steroid dienone is 1. The summed E-state index contributed by atoms with van der Waals surface area (Å²) in [6, 6.07) is 10.2. The maximum absolute atomic E-state index is 12.0. The molecule has 0 amide bonds. The molecule has 1 aromatic rings. The average molecular weight is 306 g/mol. The van der Waals surface area contributed by atoms with Crippen LogP contribution in [0.15, 0.2) is 42.0 Å². The Hall–Kier alpha value is -1.13. The summed E-state index contributed by atoms with van der Waals surface area (Å²) < 4.78 is 29.6. The third-order valence-electron chi connectivity index (χ3n) is 4.47. The molecule has 1 fully saturated rings. The maximum Gasteiger partial charge on any atom is 0.159 e. The molecule has 2 unspecified atom stereocenters. The minimum Gasteiger partial charge on any atom is -0.377 e. The molecule has 1 aromatic carbocycles. The molecular formula is C17H22O3S. The Morgan fingerprint density at radius 3 is 2.71 bits per heavy atom. The van der Waals surface area contributed by atoms with E-state index in [9.17, 15) is 8.42 Å². The predicted molar refractivity (Wildman–Crippen MR) is 83.8 cm³/mol. The predicted octanol–water partition coefficient (Wildman–Crippen LogP) is 3.26. The van der Waals surface area contributed by atoms with Crippen molar-refractivity contribution in [2.24, 2.45) is 0 Å². The molecule has 2 heterocycles. The van der Waals surface area contributed by atoms with E-state index in [1.807, 2.05) is 24.3 Å². The molecule has 4 heteroatoms. The fraction of sp³-hybridized carbons (Fsp3) is 0.529. The summed E-state index contributed by atoms with van der Waals surface area (Å²) in [5, 5.41) is -0.302. The van der Waals surface area contributed by atoms with Crippen LogP contribution < -0.4 is 0 Å². The topological polar surface area (TPSA) is 43.4 Å². The van der Waals surface area contributed by atoms with Gasteiger partial charge >= 0.3 is 0 Å². The monoisotopic (exact) mass is 306 g/mol. The zero-order chi connectivity index (χ0) is 14.7. The fourth-order valence-corrected chi connectivity index (χ4v) is 5.55. The molecule has 0 radical (unpaired) electrons. The molecule has 2 bridgehead atoms. The van der Waals surface area contributed by atoms with Crippen LogP contribution in [0.4, 0.5) is 0 Å². The first-order valence-corrected chi connectivity index (χ1v) is 9.31. The van der Waals surface area contributed by atoms with Crippen LogP contribution in [-0.4, -0.2) is 25.5 Å². The average Bonchev–Trinajstić information content (AvgIpc) is 2.68. The van der Waals surface area contributed by atoms with Gasteiger partial charge in [0.25, 0.3) is 0 Å². The Balaban J connectivity index is 1.41. The van der Waals surface area contributed by atoms with Gasteiger partial charge in [0.15, 0.2) is 9.84 Å². The third-order valence-corrected chi connectivity index (χ3v) is 7.02. The first kappa shape index (κ1) is 14.8. The number of sulfone groups is 1. The van der Waals surface area contributed by atoms with E-state index in [0.717, 1.165) is 38.7 Å². The summed E-state index contributed by atoms with van der Waals surface area (Å²) in [5.41, 5.74) is 2.51. The van der Waals surface area contributed by atoms with Crippen LogP contribution in [0.3, 0.4) is 0 Å². The van der Waals surface area contributed by atoms with Crippen molar-refractivity contribution in [1.82, 2.24) is 0 Å². The SMILES string of the molecule is O=S1(=O)C2C=C(CCCOCc3ccccc3)CC1CC2. The highest BCUT2D eigenvalue weighted by Gasteiger charge is 2.42. The highest BCUT2D eigenvalue weighted by Crippen LogP contribution is 2.38. The maximum atomic E-state index is 12.0. The summed E-state index contributed by atoms with van der Waals surface area (Å²) >= 11 is 0. The molecule has 2 aliphatic heterocycles. The summed E-state index contributed by atoms with van der Waals surface area (Å²) in [7, 11) is -2.84. The van der Waals surface area contributed by atoms with Gasteiger partial charge in [0.1, 0.15) is 0 Å². The van der Waals surface area contributed by atoms with Crippen molar-refractivity contribution in [2.75, 3.05) is 6.61 Å². The molecule has 21 heavy (non-hydrogen) atoms. The lowest BCUT2D eigenvalue weighted by Gasteiger charge is -2.20. The molecule has 1 saturated heterocycles. The Bertz CT molecular complexity index is 604. The van der Waals surface area contributed by atoms with E-state index in [4.69, 9.17) is 4.74 Å². The van der Waals surface area contributed by atoms with Crippen LogP contribution >= 0.6 is 0 Å². The number of fused-ring (bicyclic) bond motifs is 2. The fourth-order valence-electron chi connectivity index (χ4n) is 3.30. The zero-order valence-corrected chi connectivity index (χ0v) is 13.0. The van der Waals surface area contributed by atoms with Gasteiger partial charge < -0.3 is 4.74 Å².